The van der Waals surface area contributed by atoms with Crippen LogP contribution in [0, 0.1) is 0 Å². The Morgan fingerprint density at radius 2 is 2.35 bits per heavy atom. The fourth-order valence-electron chi connectivity index (χ4n) is 1.48. The number of carboxylic acid groups (broad SMARTS) is 1. The number of pyridine rings is 1. The molecule has 0 fully saturated rings. The fraction of sp³-hybridized carbons (Fsp3) is 0.300. The molecule has 0 saturated carbocycles. The van der Waals surface area contributed by atoms with Gasteiger partial charge in [-0.2, -0.15) is 0 Å². The van der Waals surface area contributed by atoms with Crippen LogP contribution in [0.1, 0.15) is 10.4 Å². The minimum Gasteiger partial charge on any atom is -0.478 e. The average molecular weight is 256 g/mol. The van der Waals surface area contributed by atoms with Crippen LogP contribution in [0.15, 0.2) is 12.5 Å². The molecule has 2 aromatic heterocycles. The second-order valence-corrected chi connectivity index (χ2v) is 3.77. The highest BCUT2D eigenvalue weighted by Gasteiger charge is 2.16. The number of hydrogen-bond acceptors (Lipinski definition) is 4. The molecule has 1 N–H and O–H groups in total. The van der Waals surface area contributed by atoms with E-state index in [1.165, 1.54) is 6.20 Å². The molecule has 0 unspecified atom stereocenters. The van der Waals surface area contributed by atoms with Crippen LogP contribution >= 0.6 is 11.6 Å². The van der Waals surface area contributed by atoms with Crippen LogP contribution in [0.2, 0.25) is 5.02 Å². The van der Waals surface area contributed by atoms with E-state index in [2.05, 4.69) is 9.97 Å². The van der Waals surface area contributed by atoms with Crippen molar-refractivity contribution >= 4 is 28.7 Å². The fourth-order valence-corrected chi connectivity index (χ4v) is 1.74. The monoisotopic (exact) mass is 255 g/mol. The number of methoxy groups -OCH3 is 1. The van der Waals surface area contributed by atoms with Crippen LogP contribution in [0.4, 0.5) is 0 Å². The Hall–Kier alpha value is -1.66. The van der Waals surface area contributed by atoms with Crippen LogP contribution in [0.5, 0.6) is 0 Å². The van der Waals surface area contributed by atoms with E-state index >= 15 is 0 Å². The molecule has 0 amide bonds. The highest BCUT2D eigenvalue weighted by molar-refractivity contribution is 6.37. The van der Waals surface area contributed by atoms with Gasteiger partial charge in [-0.25, -0.2) is 14.8 Å². The van der Waals surface area contributed by atoms with Gasteiger partial charge in [0.25, 0.3) is 0 Å². The zero-order valence-corrected chi connectivity index (χ0v) is 9.81. The quantitative estimate of drug-likeness (QED) is 0.894. The van der Waals surface area contributed by atoms with Crippen molar-refractivity contribution in [2.24, 2.45) is 0 Å². The van der Waals surface area contributed by atoms with E-state index in [1.54, 1.807) is 18.0 Å². The minimum absolute atomic E-state index is 0.0452. The Labute approximate surface area is 102 Å². The molecule has 2 rings (SSSR count). The summed E-state index contributed by atoms with van der Waals surface area (Å²) < 4.78 is 6.71. The van der Waals surface area contributed by atoms with E-state index < -0.39 is 5.97 Å². The summed E-state index contributed by atoms with van der Waals surface area (Å²) in [7, 11) is 1.60. The Balaban J connectivity index is 2.50. The normalized spacial score (nSPS) is 10.9. The maximum Gasteiger partial charge on any atom is 0.338 e. The van der Waals surface area contributed by atoms with Gasteiger partial charge in [-0.3, -0.25) is 0 Å². The third-order valence-corrected chi connectivity index (χ3v) is 2.72. The molecule has 2 aromatic rings. The van der Waals surface area contributed by atoms with Gasteiger partial charge < -0.3 is 14.4 Å². The number of imidazole rings is 1. The molecular formula is C10H10ClN3O3. The lowest BCUT2D eigenvalue weighted by molar-refractivity contribution is 0.0697. The Kier molecular flexibility index (Phi) is 3.26. The van der Waals surface area contributed by atoms with Crippen molar-refractivity contribution in [2.45, 2.75) is 6.54 Å². The van der Waals surface area contributed by atoms with Gasteiger partial charge in [-0.05, 0) is 0 Å². The van der Waals surface area contributed by atoms with Crippen LogP contribution in [-0.4, -0.2) is 39.3 Å². The van der Waals surface area contributed by atoms with E-state index in [0.717, 1.165) is 0 Å². The summed E-state index contributed by atoms with van der Waals surface area (Å²) in [5, 5.41) is 9.00. The number of aromatic carboxylic acids is 1. The van der Waals surface area contributed by atoms with Crippen molar-refractivity contribution < 1.29 is 14.6 Å². The smallest absolute Gasteiger partial charge is 0.338 e. The summed E-state index contributed by atoms with van der Waals surface area (Å²) >= 11 is 5.96. The summed E-state index contributed by atoms with van der Waals surface area (Å²) in [4.78, 5) is 19.0. The summed E-state index contributed by atoms with van der Waals surface area (Å²) in [6.07, 6.45) is 2.80. The number of hydrogen-bond donors (Lipinski definition) is 1. The molecule has 0 aromatic carbocycles. The van der Waals surface area contributed by atoms with Crippen molar-refractivity contribution in [3.05, 3.63) is 23.1 Å². The number of halogens is 1. The summed E-state index contributed by atoms with van der Waals surface area (Å²) in [6.45, 7) is 1.11. The zero-order chi connectivity index (χ0) is 12.4. The number of aromatic nitrogens is 3. The first-order chi connectivity index (χ1) is 8.15. The maximum absolute atomic E-state index is 10.9. The molecule has 0 atom stereocenters. The molecule has 0 aliphatic rings. The number of carboxylic acids is 1. The number of ether oxygens (including phenoxy) is 1. The van der Waals surface area contributed by atoms with Crippen LogP contribution < -0.4 is 0 Å². The molecule has 0 radical (unpaired) electrons. The average Bonchev–Trinajstić information content (AvgIpc) is 2.70. The predicted octanol–water partition coefficient (Wildman–Crippen LogP) is 1.43. The first-order valence-corrected chi connectivity index (χ1v) is 5.24. The zero-order valence-electron chi connectivity index (χ0n) is 9.05. The first-order valence-electron chi connectivity index (χ1n) is 4.86. The van der Waals surface area contributed by atoms with Crippen molar-refractivity contribution in [2.75, 3.05) is 13.7 Å². The van der Waals surface area contributed by atoms with Gasteiger partial charge in [-0.1, -0.05) is 11.6 Å². The first kappa shape index (κ1) is 11.8. The summed E-state index contributed by atoms with van der Waals surface area (Å²) in [5.41, 5.74) is 0.899. The molecule has 6 nitrogen and oxygen atoms in total. The van der Waals surface area contributed by atoms with E-state index in [-0.39, 0.29) is 10.6 Å². The number of carbonyl (C=O) groups is 1. The SMILES string of the molecule is COCCn1cnc2c(Cl)c(C(=O)O)cnc21. The second kappa shape index (κ2) is 4.68. The summed E-state index contributed by atoms with van der Waals surface area (Å²) in [5.74, 6) is -1.11. The van der Waals surface area contributed by atoms with Crippen LogP contribution in [-0.2, 0) is 11.3 Å². The number of nitrogens with zero attached hydrogens (tertiary/aromatic N) is 3. The van der Waals surface area contributed by atoms with Gasteiger partial charge in [0.15, 0.2) is 5.65 Å². The topological polar surface area (TPSA) is 77.2 Å². The number of fused-ring (bicyclic) bond motifs is 1. The molecule has 7 heteroatoms. The van der Waals surface area contributed by atoms with Crippen molar-refractivity contribution in [3.63, 3.8) is 0 Å². The second-order valence-electron chi connectivity index (χ2n) is 3.39. The molecule has 0 bridgehead atoms. The van der Waals surface area contributed by atoms with Gasteiger partial charge in [0.1, 0.15) is 5.52 Å². The van der Waals surface area contributed by atoms with Crippen molar-refractivity contribution in [1.29, 1.82) is 0 Å². The molecule has 90 valence electrons. The van der Waals surface area contributed by atoms with E-state index in [9.17, 15) is 4.79 Å². The molecule has 17 heavy (non-hydrogen) atoms. The Morgan fingerprint density at radius 1 is 1.59 bits per heavy atom. The molecule has 0 aliphatic heterocycles. The van der Waals surface area contributed by atoms with Crippen LogP contribution in [0.25, 0.3) is 11.2 Å². The van der Waals surface area contributed by atoms with Gasteiger partial charge in [-0.15, -0.1) is 0 Å². The molecule has 0 aliphatic carbocycles. The van der Waals surface area contributed by atoms with Crippen molar-refractivity contribution in [1.82, 2.24) is 14.5 Å². The van der Waals surface area contributed by atoms with Crippen molar-refractivity contribution in [3.8, 4) is 0 Å². The largest absolute Gasteiger partial charge is 0.478 e. The molecular weight excluding hydrogens is 246 g/mol. The highest BCUT2D eigenvalue weighted by atomic mass is 35.5. The maximum atomic E-state index is 10.9. The van der Waals surface area contributed by atoms with E-state index in [0.29, 0.717) is 24.3 Å². The van der Waals surface area contributed by atoms with E-state index in [4.69, 9.17) is 21.4 Å². The summed E-state index contributed by atoms with van der Waals surface area (Å²) in [6, 6.07) is 0. The number of rotatable bonds is 4. The molecule has 0 spiro atoms. The molecule has 2 heterocycles. The molecule has 0 saturated heterocycles. The predicted molar refractivity (Wildman–Crippen MR) is 61.4 cm³/mol. The standard InChI is InChI=1S/C10H10ClN3O3/c1-17-3-2-14-5-13-8-7(11)6(10(15)16)4-12-9(8)14/h4-5H,2-3H2,1H3,(H,15,16). The third-order valence-electron chi connectivity index (χ3n) is 2.34. The Morgan fingerprint density at radius 3 is 3.00 bits per heavy atom. The van der Waals surface area contributed by atoms with Gasteiger partial charge in [0, 0.05) is 19.9 Å². The van der Waals surface area contributed by atoms with Gasteiger partial charge in [0.05, 0.1) is 23.5 Å². The lowest BCUT2D eigenvalue weighted by atomic mass is 10.3. The third kappa shape index (κ3) is 2.09. The minimum atomic E-state index is -1.11. The lowest BCUT2D eigenvalue weighted by Gasteiger charge is -2.03. The Bertz CT molecular complexity index is 567. The van der Waals surface area contributed by atoms with Crippen LogP contribution in [0.3, 0.4) is 0 Å². The van der Waals surface area contributed by atoms with Gasteiger partial charge in [0.2, 0.25) is 0 Å². The lowest BCUT2D eigenvalue weighted by Crippen LogP contribution is -2.04. The highest BCUT2D eigenvalue weighted by Crippen LogP contribution is 2.24. The van der Waals surface area contributed by atoms with E-state index in [1.807, 2.05) is 0 Å². The van der Waals surface area contributed by atoms with Gasteiger partial charge >= 0.3 is 5.97 Å².